The molecule has 1 aromatic carbocycles. The zero-order chi connectivity index (χ0) is 40.6. The van der Waals surface area contributed by atoms with Gasteiger partial charge in [0, 0.05) is 12.2 Å². The molecule has 0 spiro atoms. The van der Waals surface area contributed by atoms with Crippen molar-refractivity contribution in [2.75, 3.05) is 39.6 Å². The topological polar surface area (TPSA) is 68.4 Å². The number of rotatable bonds is 15. The van der Waals surface area contributed by atoms with E-state index in [0.717, 1.165) is 54.9 Å². The zero-order valence-corrected chi connectivity index (χ0v) is 35.9. The second-order valence-electron chi connectivity index (χ2n) is 18.4. The van der Waals surface area contributed by atoms with Gasteiger partial charge in [-0.2, -0.15) is 0 Å². The number of carbonyl (C=O) groups is 1. The lowest BCUT2D eigenvalue weighted by molar-refractivity contribution is -0.459. The van der Waals surface area contributed by atoms with Crippen molar-refractivity contribution in [3.8, 4) is 0 Å². The fraction of sp³-hybridized carbons (Fsp3) is 0.519. The molecule has 6 nitrogen and oxygen atoms in total. The fourth-order valence-corrected chi connectivity index (χ4v) is 10.3. The summed E-state index contributed by atoms with van der Waals surface area (Å²) in [5.41, 5.74) is 11.3. The highest BCUT2D eigenvalue weighted by Crippen LogP contribution is 2.60. The third kappa shape index (κ3) is 10.4. The number of allylic oxidation sites excluding steroid dienone is 16. The summed E-state index contributed by atoms with van der Waals surface area (Å²) in [5, 5.41) is 0. The normalized spacial score (nSPS) is 24.7. The van der Waals surface area contributed by atoms with E-state index in [0.29, 0.717) is 63.9 Å². The molecule has 58 heavy (non-hydrogen) atoms. The maximum atomic E-state index is 13.0. The first-order chi connectivity index (χ1) is 28.1. The molecule has 7 aliphatic rings. The Kier molecular flexibility index (Phi) is 14.0. The molecule has 8 rings (SSSR count). The van der Waals surface area contributed by atoms with Gasteiger partial charge in [-0.15, -0.1) is 0 Å². The van der Waals surface area contributed by atoms with Crippen LogP contribution in [-0.2, 0) is 30.0 Å². The molecule has 0 N–H and O–H groups in total. The number of ketones is 1. The van der Waals surface area contributed by atoms with Crippen LogP contribution in [0.3, 0.4) is 0 Å². The number of aliphatic imine (C=N–C) groups is 1. The summed E-state index contributed by atoms with van der Waals surface area (Å²) in [6.45, 7) is 17.1. The van der Waals surface area contributed by atoms with Crippen LogP contribution in [0.4, 0.5) is 0 Å². The van der Waals surface area contributed by atoms with Crippen molar-refractivity contribution in [3.63, 3.8) is 0 Å². The van der Waals surface area contributed by atoms with Crippen molar-refractivity contribution >= 4 is 17.5 Å². The fourth-order valence-electron chi connectivity index (χ4n) is 10.3. The quantitative estimate of drug-likeness (QED) is 0.101. The van der Waals surface area contributed by atoms with Gasteiger partial charge in [-0.3, -0.25) is 14.2 Å². The average Bonchev–Trinajstić information content (AvgIpc) is 3.47. The number of nitrogens with zero attached hydrogens (tertiary/aromatic N) is 1. The van der Waals surface area contributed by atoms with Crippen LogP contribution in [0, 0.1) is 23.2 Å². The van der Waals surface area contributed by atoms with E-state index < -0.39 is 0 Å². The number of ether oxygens (including phenoxy) is 3. The molecular formula is C52H66NO5+. The van der Waals surface area contributed by atoms with Crippen LogP contribution in [0.2, 0.25) is 0 Å². The van der Waals surface area contributed by atoms with E-state index in [1.165, 1.54) is 63.8 Å². The second kappa shape index (κ2) is 19.3. The lowest BCUT2D eigenvalue weighted by Gasteiger charge is -2.55. The Morgan fingerprint density at radius 1 is 0.672 bits per heavy atom. The first-order valence-corrected chi connectivity index (χ1v) is 22.1. The molecule has 308 valence electrons. The molecule has 1 aromatic rings. The van der Waals surface area contributed by atoms with Crippen LogP contribution in [0.1, 0.15) is 126 Å². The largest absolute Gasteiger partial charge is 0.463 e. The van der Waals surface area contributed by atoms with Gasteiger partial charge < -0.3 is 14.2 Å². The van der Waals surface area contributed by atoms with Gasteiger partial charge in [0.1, 0.15) is 13.2 Å². The minimum Gasteiger partial charge on any atom is -0.463 e. The van der Waals surface area contributed by atoms with Crippen LogP contribution in [0.5, 0.6) is 0 Å². The first kappa shape index (κ1) is 42.0. The number of hydrogen-bond acceptors (Lipinski definition) is 5. The molecule has 0 atom stereocenters. The molecule has 0 saturated heterocycles. The van der Waals surface area contributed by atoms with E-state index in [1.54, 1.807) is 0 Å². The van der Waals surface area contributed by atoms with Gasteiger partial charge in [-0.05, 0) is 149 Å². The number of carbonyl (C=O) groups excluding carboxylic acids is 2. The highest BCUT2D eigenvalue weighted by atomic mass is 16.6. The predicted octanol–water partition coefficient (Wildman–Crippen LogP) is 11.3. The summed E-state index contributed by atoms with van der Waals surface area (Å²) >= 11 is 0. The smallest absolute Gasteiger partial charge is 0.343 e. The maximum absolute atomic E-state index is 13.0. The summed E-state index contributed by atoms with van der Waals surface area (Å²) in [7, 11) is 0. The highest BCUT2D eigenvalue weighted by molar-refractivity contribution is 6.06. The van der Waals surface area contributed by atoms with Crippen molar-refractivity contribution in [3.05, 3.63) is 130 Å². The van der Waals surface area contributed by atoms with E-state index in [1.807, 2.05) is 12.2 Å². The molecule has 6 heteroatoms. The van der Waals surface area contributed by atoms with Gasteiger partial charge in [0.05, 0.1) is 37.5 Å². The summed E-state index contributed by atoms with van der Waals surface area (Å²) in [6.07, 6.45) is 33.8. The van der Waals surface area contributed by atoms with Gasteiger partial charge in [-0.1, -0.05) is 90.1 Å². The number of hydrogen-bond donors (Lipinski definition) is 0. The molecule has 0 aromatic heterocycles. The van der Waals surface area contributed by atoms with Crippen LogP contribution in [0.25, 0.3) is 0 Å². The zero-order valence-electron chi connectivity index (χ0n) is 35.9. The summed E-state index contributed by atoms with van der Waals surface area (Å²) in [5.74, 6) is 4.49. The standard InChI is InChI=1S/C52H66NO5/c1-35(2)45-29-48(36(3)4)50(49(30-45)37(5)6)34-53-46-16-12-43(13-17-46)41-8-7-9-42(11-10-41)44-14-18-47(19-15-44)57-24-22-55-20-21-56-23-25-58-51(54)52-31-38-26-39(32-52)28-40(27-38)33-52/h7-8,10-19,29-30,35-40H,9,20-28,31-34H2,1-6H3/q+1. The Bertz CT molecular complexity index is 1890. The molecule has 0 radical (unpaired) electrons. The lowest BCUT2D eigenvalue weighted by Crippen LogP contribution is -2.50. The monoisotopic (exact) mass is 784 g/mol. The van der Waals surface area contributed by atoms with Crippen molar-refractivity contribution in [2.45, 2.75) is 111 Å². The molecule has 7 aliphatic carbocycles. The summed E-state index contributed by atoms with van der Waals surface area (Å²) in [4.78, 5) is 18.1. The Hall–Kier alpha value is -4.13. The van der Waals surface area contributed by atoms with Crippen LogP contribution in [0.15, 0.2) is 112 Å². The first-order valence-electron chi connectivity index (χ1n) is 22.1. The average molecular weight is 785 g/mol. The van der Waals surface area contributed by atoms with Crippen molar-refractivity contribution in [2.24, 2.45) is 28.2 Å². The maximum Gasteiger partial charge on any atom is 0.343 e. The van der Waals surface area contributed by atoms with E-state index in [-0.39, 0.29) is 11.4 Å². The Morgan fingerprint density at radius 3 is 1.83 bits per heavy atom. The Balaban J connectivity index is 0.828. The van der Waals surface area contributed by atoms with E-state index >= 15 is 0 Å². The molecule has 4 saturated carbocycles. The molecule has 0 amide bonds. The lowest BCUT2D eigenvalue weighted by atomic mass is 9.49. The van der Waals surface area contributed by atoms with Crippen LogP contribution >= 0.6 is 0 Å². The van der Waals surface area contributed by atoms with Gasteiger partial charge in [-0.25, -0.2) is 0 Å². The minimum atomic E-state index is -0.200. The number of esters is 1. The molecule has 0 unspecified atom stereocenters. The van der Waals surface area contributed by atoms with Crippen molar-refractivity contribution in [1.82, 2.24) is 0 Å². The minimum absolute atomic E-state index is 0.0230. The third-order valence-electron chi connectivity index (χ3n) is 13.0. The van der Waals surface area contributed by atoms with Gasteiger partial charge in [0.2, 0.25) is 0 Å². The summed E-state index contributed by atoms with van der Waals surface area (Å²) < 4.78 is 23.0. The molecule has 4 fully saturated rings. The van der Waals surface area contributed by atoms with Crippen molar-refractivity contribution < 1.29 is 23.4 Å². The van der Waals surface area contributed by atoms with Crippen LogP contribution in [-0.4, -0.2) is 57.1 Å². The Labute approximate surface area is 348 Å². The van der Waals surface area contributed by atoms with E-state index in [2.05, 4.69) is 114 Å². The Morgan fingerprint density at radius 2 is 1.22 bits per heavy atom. The SMILES string of the molecule is CC(C)c1cc(C(C)C)c(CN=C2C=CC(=C3C=CCC(=C4C=CC(=[O+]CCOCCOCCOC(=O)C56CC7CC(CC(C7)C5)C6)C=C4)C=C3)C=C2)c(C(C)C)c1. The molecule has 0 aliphatic heterocycles. The van der Waals surface area contributed by atoms with Crippen LogP contribution < -0.4 is 0 Å². The highest BCUT2D eigenvalue weighted by Gasteiger charge is 2.55. The van der Waals surface area contributed by atoms with E-state index in [4.69, 9.17) is 23.6 Å². The summed E-state index contributed by atoms with van der Waals surface area (Å²) in [6, 6.07) is 4.82. The van der Waals surface area contributed by atoms with Gasteiger partial charge in [0.25, 0.3) is 6.61 Å². The van der Waals surface area contributed by atoms with Gasteiger partial charge >= 0.3 is 11.8 Å². The van der Waals surface area contributed by atoms with Gasteiger partial charge in [0.15, 0.2) is 0 Å². The third-order valence-corrected chi connectivity index (χ3v) is 13.0. The molecule has 4 bridgehead atoms. The van der Waals surface area contributed by atoms with Crippen molar-refractivity contribution in [1.29, 1.82) is 0 Å². The number of benzene rings is 1. The molecule has 0 heterocycles. The second-order valence-corrected chi connectivity index (χ2v) is 18.4. The van der Waals surface area contributed by atoms with E-state index in [9.17, 15) is 4.79 Å². The predicted molar refractivity (Wildman–Crippen MR) is 236 cm³/mol. The molecular weight excluding hydrogens is 719 g/mol.